The van der Waals surface area contributed by atoms with Crippen LogP contribution in [-0.4, -0.2) is 30.3 Å². The monoisotopic (exact) mass is 281 g/mol. The molecule has 108 valence electrons. The molecule has 2 rings (SSSR count). The van der Waals surface area contributed by atoms with E-state index in [0.717, 1.165) is 0 Å². The summed E-state index contributed by atoms with van der Waals surface area (Å²) in [5, 5.41) is 10.9. The van der Waals surface area contributed by atoms with Crippen molar-refractivity contribution in [2.75, 3.05) is 13.7 Å². The molecule has 1 aromatic heterocycles. The molecule has 0 N–H and O–H groups in total. The Bertz CT molecular complexity index is 523. The fourth-order valence-electron chi connectivity index (χ4n) is 2.93. The molecule has 2 atom stereocenters. The second-order valence-electron chi connectivity index (χ2n) is 4.82. The van der Waals surface area contributed by atoms with Gasteiger partial charge in [-0.3, -0.25) is 19.7 Å². The smallest absolute Gasteiger partial charge is 0.320 e. The molecule has 0 aromatic carbocycles. The van der Waals surface area contributed by atoms with Crippen LogP contribution in [0.15, 0.2) is 22.8 Å². The van der Waals surface area contributed by atoms with E-state index in [0.29, 0.717) is 6.42 Å². The number of rotatable bonds is 5. The average Bonchev–Trinajstić information content (AvgIpc) is 3.05. The van der Waals surface area contributed by atoms with Crippen LogP contribution in [0.1, 0.15) is 30.9 Å². The van der Waals surface area contributed by atoms with Crippen LogP contribution in [0.3, 0.4) is 0 Å². The molecule has 0 aliphatic heterocycles. The summed E-state index contributed by atoms with van der Waals surface area (Å²) in [4.78, 5) is 34.8. The summed E-state index contributed by atoms with van der Waals surface area (Å²) in [5.41, 5.74) is -1.50. The Morgan fingerprint density at radius 2 is 2.40 bits per heavy atom. The van der Waals surface area contributed by atoms with Crippen LogP contribution in [0, 0.1) is 15.5 Å². The fourth-order valence-corrected chi connectivity index (χ4v) is 2.93. The van der Waals surface area contributed by atoms with Gasteiger partial charge in [-0.25, -0.2) is 0 Å². The molecule has 1 heterocycles. The zero-order valence-electron chi connectivity index (χ0n) is 11.0. The maximum absolute atomic E-state index is 12.2. The lowest BCUT2D eigenvalue weighted by Crippen LogP contribution is -2.44. The highest BCUT2D eigenvalue weighted by atomic mass is 16.6. The maximum atomic E-state index is 12.2. The highest BCUT2D eigenvalue weighted by molar-refractivity contribution is 6.06. The Labute approximate surface area is 115 Å². The van der Waals surface area contributed by atoms with E-state index < -0.39 is 28.8 Å². The second kappa shape index (κ2) is 5.44. The van der Waals surface area contributed by atoms with E-state index in [1.807, 2.05) is 0 Å². The number of nitrogens with zero attached hydrogens (tertiary/aromatic N) is 1. The molecule has 1 saturated carbocycles. The third-order valence-corrected chi connectivity index (χ3v) is 3.84. The Balaban J connectivity index is 2.50. The molecule has 1 fully saturated rings. The first-order valence-corrected chi connectivity index (χ1v) is 6.29. The largest absolute Gasteiger partial charge is 0.469 e. The van der Waals surface area contributed by atoms with Gasteiger partial charge in [0.05, 0.1) is 13.4 Å². The molecule has 20 heavy (non-hydrogen) atoms. The lowest BCUT2D eigenvalue weighted by molar-refractivity contribution is -0.486. The summed E-state index contributed by atoms with van der Waals surface area (Å²) >= 11 is 0. The molecule has 1 aliphatic carbocycles. The molecule has 0 amide bonds. The minimum atomic E-state index is -1.50. The van der Waals surface area contributed by atoms with Crippen LogP contribution in [0.5, 0.6) is 0 Å². The number of methoxy groups -OCH3 is 1. The van der Waals surface area contributed by atoms with E-state index in [1.54, 1.807) is 12.1 Å². The van der Waals surface area contributed by atoms with E-state index in [2.05, 4.69) is 0 Å². The number of esters is 1. The lowest BCUT2D eigenvalue weighted by atomic mass is 9.71. The maximum Gasteiger partial charge on any atom is 0.320 e. The van der Waals surface area contributed by atoms with Gasteiger partial charge in [0.2, 0.25) is 6.54 Å². The van der Waals surface area contributed by atoms with Crippen molar-refractivity contribution in [2.45, 2.75) is 25.2 Å². The van der Waals surface area contributed by atoms with Crippen molar-refractivity contribution in [1.82, 2.24) is 0 Å². The molecular weight excluding hydrogens is 266 g/mol. The van der Waals surface area contributed by atoms with E-state index in [9.17, 15) is 19.7 Å². The molecule has 1 aliphatic rings. The molecular formula is C13H15NO6. The Morgan fingerprint density at radius 3 is 2.85 bits per heavy atom. The molecule has 1 aromatic rings. The minimum absolute atomic E-state index is 0.226. The number of ether oxygens (including phenoxy) is 1. The van der Waals surface area contributed by atoms with Gasteiger partial charge in [0.15, 0.2) is 5.78 Å². The zero-order chi connectivity index (χ0) is 14.8. The topological polar surface area (TPSA) is 99.7 Å². The van der Waals surface area contributed by atoms with Crippen LogP contribution < -0.4 is 0 Å². The molecule has 0 radical (unpaired) electrons. The van der Waals surface area contributed by atoms with Gasteiger partial charge in [-0.15, -0.1) is 0 Å². The first kappa shape index (κ1) is 14.2. The molecule has 0 saturated heterocycles. The first-order chi connectivity index (χ1) is 9.52. The summed E-state index contributed by atoms with van der Waals surface area (Å²) < 4.78 is 9.96. The van der Waals surface area contributed by atoms with Crippen molar-refractivity contribution in [3.8, 4) is 0 Å². The van der Waals surface area contributed by atoms with Crippen LogP contribution in [0.25, 0.3) is 0 Å². The Kier molecular flexibility index (Phi) is 3.87. The SMILES string of the molecule is COC(=O)[C@@]1([C@H](C[N+](=O)[O-])c2ccco2)CCCC1=O. The first-order valence-electron chi connectivity index (χ1n) is 6.29. The summed E-state index contributed by atoms with van der Waals surface area (Å²) in [6.07, 6.45) is 2.36. The summed E-state index contributed by atoms with van der Waals surface area (Å²) in [6, 6.07) is 3.12. The standard InChI is InChI=1S/C13H15NO6/c1-19-12(16)13(6-2-5-11(13)15)9(8-14(17)18)10-4-3-7-20-10/h3-4,7,9H,2,5-6,8H2,1H3/t9-,13-/m1/s1. The quantitative estimate of drug-likeness (QED) is 0.351. The summed E-state index contributed by atoms with van der Waals surface area (Å²) in [7, 11) is 1.18. The Morgan fingerprint density at radius 1 is 1.65 bits per heavy atom. The number of Topliss-reactive ketones (excluding diaryl/α,β-unsaturated/α-hetero) is 1. The van der Waals surface area contributed by atoms with Gasteiger partial charge in [0.1, 0.15) is 17.1 Å². The zero-order valence-corrected chi connectivity index (χ0v) is 11.0. The highest BCUT2D eigenvalue weighted by Gasteiger charge is 2.58. The normalized spacial score (nSPS) is 23.6. The molecule has 0 unspecified atom stereocenters. The highest BCUT2D eigenvalue weighted by Crippen LogP contribution is 2.47. The van der Waals surface area contributed by atoms with Crippen molar-refractivity contribution in [1.29, 1.82) is 0 Å². The van der Waals surface area contributed by atoms with Gasteiger partial charge in [-0.2, -0.15) is 0 Å². The molecule has 7 heteroatoms. The van der Waals surface area contributed by atoms with Crippen molar-refractivity contribution in [2.24, 2.45) is 5.41 Å². The second-order valence-corrected chi connectivity index (χ2v) is 4.82. The van der Waals surface area contributed by atoms with Crippen LogP contribution >= 0.6 is 0 Å². The van der Waals surface area contributed by atoms with E-state index in [4.69, 9.17) is 9.15 Å². The van der Waals surface area contributed by atoms with E-state index in [1.165, 1.54) is 13.4 Å². The molecule has 0 spiro atoms. The van der Waals surface area contributed by atoms with E-state index in [-0.39, 0.29) is 24.4 Å². The van der Waals surface area contributed by atoms with Gasteiger partial charge >= 0.3 is 5.97 Å². The number of carbonyl (C=O) groups excluding carboxylic acids is 2. The fraction of sp³-hybridized carbons (Fsp3) is 0.538. The van der Waals surface area contributed by atoms with Crippen molar-refractivity contribution in [3.05, 3.63) is 34.3 Å². The number of furan rings is 1. The van der Waals surface area contributed by atoms with Crippen LogP contribution in [-0.2, 0) is 14.3 Å². The van der Waals surface area contributed by atoms with Gasteiger partial charge in [-0.05, 0) is 25.0 Å². The predicted octanol–water partition coefficient (Wildman–Crippen LogP) is 1.55. The number of hydrogen-bond acceptors (Lipinski definition) is 6. The number of ketones is 1. The summed E-state index contributed by atoms with van der Waals surface area (Å²) in [5.74, 6) is -1.70. The number of nitro groups is 1. The lowest BCUT2D eigenvalue weighted by Gasteiger charge is -2.29. The Hall–Kier alpha value is -2.18. The van der Waals surface area contributed by atoms with Gasteiger partial charge in [0.25, 0.3) is 0 Å². The van der Waals surface area contributed by atoms with E-state index >= 15 is 0 Å². The van der Waals surface area contributed by atoms with Crippen molar-refractivity contribution >= 4 is 11.8 Å². The van der Waals surface area contributed by atoms with Crippen molar-refractivity contribution in [3.63, 3.8) is 0 Å². The predicted molar refractivity (Wildman–Crippen MR) is 66.6 cm³/mol. The average molecular weight is 281 g/mol. The van der Waals surface area contributed by atoms with Crippen LogP contribution in [0.4, 0.5) is 0 Å². The van der Waals surface area contributed by atoms with Crippen molar-refractivity contribution < 1.29 is 23.7 Å². The van der Waals surface area contributed by atoms with Gasteiger partial charge in [-0.1, -0.05) is 0 Å². The molecule has 0 bridgehead atoms. The number of carbonyl (C=O) groups is 2. The third-order valence-electron chi connectivity index (χ3n) is 3.84. The van der Waals surface area contributed by atoms with Gasteiger partial charge < -0.3 is 9.15 Å². The third kappa shape index (κ3) is 2.19. The molecule has 7 nitrogen and oxygen atoms in total. The number of hydrogen-bond donors (Lipinski definition) is 0. The minimum Gasteiger partial charge on any atom is -0.469 e. The summed E-state index contributed by atoms with van der Waals surface area (Å²) in [6.45, 7) is -0.547. The van der Waals surface area contributed by atoms with Crippen LogP contribution in [0.2, 0.25) is 0 Å². The van der Waals surface area contributed by atoms with Gasteiger partial charge in [0, 0.05) is 11.3 Å².